The fraction of sp³-hybridized carbons (Fsp3) is 0.435. The molecule has 1 aromatic heterocycles. The highest BCUT2D eigenvalue weighted by atomic mass is 16.2. The first-order valence-electron chi connectivity index (χ1n) is 9.91. The van der Waals surface area contributed by atoms with E-state index in [0.717, 1.165) is 36.2 Å². The van der Waals surface area contributed by atoms with Crippen LogP contribution in [0.1, 0.15) is 40.0 Å². The van der Waals surface area contributed by atoms with E-state index in [4.69, 9.17) is 0 Å². The van der Waals surface area contributed by atoms with Crippen molar-refractivity contribution in [2.75, 3.05) is 20.1 Å². The fourth-order valence-electron chi connectivity index (χ4n) is 4.35. The van der Waals surface area contributed by atoms with Crippen molar-refractivity contribution < 1.29 is 9.59 Å². The van der Waals surface area contributed by atoms with Gasteiger partial charge in [-0.1, -0.05) is 12.1 Å². The van der Waals surface area contributed by atoms with Gasteiger partial charge in [0.05, 0.1) is 12.2 Å². The van der Waals surface area contributed by atoms with E-state index in [0.29, 0.717) is 13.1 Å². The van der Waals surface area contributed by atoms with Gasteiger partial charge in [0.2, 0.25) is 5.91 Å². The number of nitrogens with zero attached hydrogens (tertiary/aromatic N) is 3. The van der Waals surface area contributed by atoms with Crippen molar-refractivity contribution in [2.24, 2.45) is 11.3 Å². The molecule has 1 aliphatic carbocycles. The van der Waals surface area contributed by atoms with E-state index in [-0.39, 0.29) is 23.1 Å². The van der Waals surface area contributed by atoms with E-state index in [1.54, 1.807) is 11.1 Å². The number of hydrogen-bond acceptors (Lipinski definition) is 3. The maximum Gasteiger partial charge on any atom is 0.253 e. The zero-order valence-corrected chi connectivity index (χ0v) is 16.8. The van der Waals surface area contributed by atoms with E-state index >= 15 is 0 Å². The molecule has 1 aromatic carbocycles. The van der Waals surface area contributed by atoms with Gasteiger partial charge in [-0.05, 0) is 62.1 Å². The first-order chi connectivity index (χ1) is 13.4. The van der Waals surface area contributed by atoms with Gasteiger partial charge in [0.1, 0.15) is 0 Å². The quantitative estimate of drug-likeness (QED) is 0.822. The maximum atomic E-state index is 12.9. The minimum Gasteiger partial charge on any atom is -0.340 e. The molecule has 0 unspecified atom stereocenters. The number of aromatic nitrogens is 1. The number of carbonyl (C=O) groups is 2. The maximum absolute atomic E-state index is 12.9. The number of pyridine rings is 1. The summed E-state index contributed by atoms with van der Waals surface area (Å²) in [5.74, 6) is 0.282. The number of rotatable bonds is 4. The third kappa shape index (κ3) is 3.41. The zero-order chi connectivity index (χ0) is 19.9. The highest BCUT2D eigenvalue weighted by Crippen LogP contribution is 2.59. The summed E-state index contributed by atoms with van der Waals surface area (Å²) in [6.45, 7) is 6.03. The molecular weight excluding hydrogens is 350 g/mol. The highest BCUT2D eigenvalue weighted by molar-refractivity contribution is 5.95. The van der Waals surface area contributed by atoms with Crippen LogP contribution in [0.25, 0.3) is 0 Å². The SMILES string of the molecule is Cc1ccc(C(=O)N2CC[C@]3(C[C@@H]3C(=O)N(C)Cc3ccccn3)C2)cc1C. The lowest BCUT2D eigenvalue weighted by molar-refractivity contribution is -0.132. The summed E-state index contributed by atoms with van der Waals surface area (Å²) in [4.78, 5) is 33.8. The lowest BCUT2D eigenvalue weighted by Crippen LogP contribution is -2.32. The first kappa shape index (κ1) is 18.7. The van der Waals surface area contributed by atoms with Crippen molar-refractivity contribution in [2.45, 2.75) is 33.2 Å². The van der Waals surface area contributed by atoms with Gasteiger partial charge in [-0.2, -0.15) is 0 Å². The summed E-state index contributed by atoms with van der Waals surface area (Å²) in [5.41, 5.74) is 3.95. The molecule has 1 saturated carbocycles. The van der Waals surface area contributed by atoms with Crippen LogP contribution in [0.3, 0.4) is 0 Å². The van der Waals surface area contributed by atoms with Crippen LogP contribution < -0.4 is 0 Å². The van der Waals surface area contributed by atoms with E-state index < -0.39 is 0 Å². The normalized spacial score (nSPS) is 23.1. The van der Waals surface area contributed by atoms with Gasteiger partial charge >= 0.3 is 0 Å². The largest absolute Gasteiger partial charge is 0.340 e. The van der Waals surface area contributed by atoms with Gasteiger partial charge < -0.3 is 9.80 Å². The molecule has 2 amide bonds. The van der Waals surface area contributed by atoms with Gasteiger partial charge in [0, 0.05) is 43.2 Å². The number of hydrogen-bond donors (Lipinski definition) is 0. The lowest BCUT2D eigenvalue weighted by atomic mass is 10.0. The van der Waals surface area contributed by atoms with Crippen molar-refractivity contribution >= 4 is 11.8 Å². The molecule has 28 heavy (non-hydrogen) atoms. The summed E-state index contributed by atoms with van der Waals surface area (Å²) in [6.07, 6.45) is 3.55. The summed E-state index contributed by atoms with van der Waals surface area (Å²) in [7, 11) is 1.84. The second-order valence-corrected chi connectivity index (χ2v) is 8.41. The molecule has 146 valence electrons. The Hall–Kier alpha value is -2.69. The molecule has 1 spiro atoms. The summed E-state index contributed by atoms with van der Waals surface area (Å²) in [5, 5.41) is 0. The number of amides is 2. The van der Waals surface area contributed by atoms with Gasteiger partial charge in [0.25, 0.3) is 5.91 Å². The summed E-state index contributed by atoms with van der Waals surface area (Å²) < 4.78 is 0. The zero-order valence-electron chi connectivity index (χ0n) is 16.8. The van der Waals surface area contributed by atoms with E-state index in [9.17, 15) is 9.59 Å². The van der Waals surface area contributed by atoms with Crippen LogP contribution >= 0.6 is 0 Å². The van der Waals surface area contributed by atoms with Crippen LogP contribution in [0.4, 0.5) is 0 Å². The monoisotopic (exact) mass is 377 g/mol. The summed E-state index contributed by atoms with van der Waals surface area (Å²) in [6, 6.07) is 11.6. The molecule has 2 heterocycles. The Morgan fingerprint density at radius 1 is 1.21 bits per heavy atom. The van der Waals surface area contributed by atoms with Gasteiger partial charge in [-0.3, -0.25) is 14.6 Å². The molecule has 2 aliphatic rings. The molecule has 0 N–H and O–H groups in total. The van der Waals surface area contributed by atoms with Gasteiger partial charge in [0.15, 0.2) is 0 Å². The van der Waals surface area contributed by atoms with Gasteiger partial charge in [-0.25, -0.2) is 0 Å². The molecule has 0 bridgehead atoms. The van der Waals surface area contributed by atoms with E-state index in [1.165, 1.54) is 5.56 Å². The molecule has 5 nitrogen and oxygen atoms in total. The van der Waals surface area contributed by atoms with E-state index in [1.807, 2.05) is 55.3 Å². The number of carbonyl (C=O) groups excluding carboxylic acids is 2. The molecule has 2 fully saturated rings. The second-order valence-electron chi connectivity index (χ2n) is 8.41. The molecule has 2 atom stereocenters. The molecule has 1 saturated heterocycles. The van der Waals surface area contributed by atoms with Crippen LogP contribution in [0.15, 0.2) is 42.6 Å². The van der Waals surface area contributed by atoms with Crippen LogP contribution in [0.2, 0.25) is 0 Å². The van der Waals surface area contributed by atoms with Gasteiger partial charge in [-0.15, -0.1) is 0 Å². The van der Waals surface area contributed by atoms with Crippen molar-refractivity contribution in [3.05, 3.63) is 65.0 Å². The third-order valence-corrected chi connectivity index (χ3v) is 6.42. The number of benzene rings is 1. The van der Waals surface area contributed by atoms with Crippen molar-refractivity contribution in [1.29, 1.82) is 0 Å². The molecule has 0 radical (unpaired) electrons. The van der Waals surface area contributed by atoms with Crippen LogP contribution in [-0.4, -0.2) is 46.7 Å². The minimum absolute atomic E-state index is 0.0230. The lowest BCUT2D eigenvalue weighted by Gasteiger charge is -2.20. The highest BCUT2D eigenvalue weighted by Gasteiger charge is 2.61. The molecule has 5 heteroatoms. The topological polar surface area (TPSA) is 53.5 Å². The number of aryl methyl sites for hydroxylation is 2. The Balaban J connectivity index is 1.38. The third-order valence-electron chi connectivity index (χ3n) is 6.42. The second kappa shape index (κ2) is 7.04. The van der Waals surface area contributed by atoms with Crippen molar-refractivity contribution in [3.8, 4) is 0 Å². The number of likely N-dealkylation sites (tertiary alicyclic amines) is 1. The van der Waals surface area contributed by atoms with Crippen molar-refractivity contribution in [3.63, 3.8) is 0 Å². The smallest absolute Gasteiger partial charge is 0.253 e. The standard InChI is InChI=1S/C23H27N3O2/c1-16-7-8-18(12-17(16)2)21(27)26-11-9-23(15-26)13-20(23)22(28)25(3)14-19-6-4-5-10-24-19/h4-8,10,12,20H,9,11,13-15H2,1-3H3/t20-,23+/m1/s1. The minimum atomic E-state index is -0.0230. The van der Waals surface area contributed by atoms with Crippen LogP contribution in [0.5, 0.6) is 0 Å². The Bertz CT molecular complexity index is 911. The Morgan fingerprint density at radius 3 is 2.75 bits per heavy atom. The van der Waals surface area contributed by atoms with Crippen molar-refractivity contribution in [1.82, 2.24) is 14.8 Å². The first-order valence-corrected chi connectivity index (χ1v) is 9.91. The molecule has 2 aromatic rings. The average Bonchev–Trinajstić information content (AvgIpc) is 3.22. The van der Waals surface area contributed by atoms with E-state index in [2.05, 4.69) is 11.9 Å². The van der Waals surface area contributed by atoms with Crippen LogP contribution in [-0.2, 0) is 11.3 Å². The Labute approximate surface area is 166 Å². The average molecular weight is 377 g/mol. The Kier molecular flexibility index (Phi) is 4.69. The molecule has 4 rings (SSSR count). The fourth-order valence-corrected chi connectivity index (χ4v) is 4.35. The molecular formula is C23H27N3O2. The van der Waals surface area contributed by atoms with Crippen LogP contribution in [0, 0.1) is 25.2 Å². The molecule has 1 aliphatic heterocycles. The predicted octanol–water partition coefficient (Wildman–Crippen LogP) is 3.21. The Morgan fingerprint density at radius 2 is 2.04 bits per heavy atom. The predicted molar refractivity (Wildman–Crippen MR) is 108 cm³/mol. The summed E-state index contributed by atoms with van der Waals surface area (Å²) >= 11 is 0.